The number of aliphatic hydroxyl groups is 1. The number of nitrogens with one attached hydrogen (secondary N) is 1. The Kier molecular flexibility index (Phi) is 6.43. The van der Waals surface area contributed by atoms with Gasteiger partial charge in [0.15, 0.2) is 0 Å². The zero-order valence-corrected chi connectivity index (χ0v) is 11.4. The summed E-state index contributed by atoms with van der Waals surface area (Å²) >= 11 is 0. The van der Waals surface area contributed by atoms with Crippen LogP contribution in [0.4, 0.5) is 5.82 Å². The summed E-state index contributed by atoms with van der Waals surface area (Å²) in [4.78, 5) is 8.26. The van der Waals surface area contributed by atoms with E-state index in [9.17, 15) is 0 Å². The fourth-order valence-corrected chi connectivity index (χ4v) is 2.00. The molecule has 1 heterocycles. The maximum atomic E-state index is 9.02. The highest BCUT2D eigenvalue weighted by atomic mass is 16.5. The highest BCUT2D eigenvalue weighted by molar-refractivity contribution is 5.47. The van der Waals surface area contributed by atoms with E-state index < -0.39 is 0 Å². The third kappa shape index (κ3) is 4.14. The van der Waals surface area contributed by atoms with Crippen molar-refractivity contribution in [2.75, 3.05) is 25.6 Å². The second-order valence-electron chi connectivity index (χ2n) is 4.40. The fourth-order valence-electron chi connectivity index (χ4n) is 2.00. The van der Waals surface area contributed by atoms with Gasteiger partial charge in [-0.3, -0.25) is 0 Å². The number of anilines is 1. The largest absolute Gasteiger partial charge is 0.481 e. The second kappa shape index (κ2) is 7.87. The van der Waals surface area contributed by atoms with Crippen molar-refractivity contribution in [1.29, 1.82) is 0 Å². The van der Waals surface area contributed by atoms with Crippen LogP contribution in [0.25, 0.3) is 0 Å². The summed E-state index contributed by atoms with van der Waals surface area (Å²) in [5.41, 5.74) is 0.916. The van der Waals surface area contributed by atoms with E-state index >= 15 is 0 Å². The third-order valence-electron chi connectivity index (χ3n) is 3.02. The van der Waals surface area contributed by atoms with Crippen LogP contribution < -0.4 is 10.1 Å². The molecule has 1 rings (SSSR count). The summed E-state index contributed by atoms with van der Waals surface area (Å²) in [5, 5.41) is 12.3. The summed E-state index contributed by atoms with van der Waals surface area (Å²) in [6.07, 6.45) is 4.55. The van der Waals surface area contributed by atoms with E-state index in [2.05, 4.69) is 22.2 Å². The van der Waals surface area contributed by atoms with Gasteiger partial charge in [-0.2, -0.15) is 0 Å². The van der Waals surface area contributed by atoms with Crippen LogP contribution in [0, 0.1) is 12.8 Å². The first-order valence-electron chi connectivity index (χ1n) is 6.43. The topological polar surface area (TPSA) is 67.3 Å². The third-order valence-corrected chi connectivity index (χ3v) is 3.02. The van der Waals surface area contributed by atoms with Gasteiger partial charge in [0.25, 0.3) is 0 Å². The smallest absolute Gasteiger partial charge is 0.221 e. The van der Waals surface area contributed by atoms with Gasteiger partial charge in [-0.05, 0) is 25.7 Å². The van der Waals surface area contributed by atoms with E-state index in [1.54, 1.807) is 7.11 Å². The minimum Gasteiger partial charge on any atom is -0.481 e. The number of nitrogens with zero attached hydrogens (tertiary/aromatic N) is 2. The Hall–Kier alpha value is -1.36. The van der Waals surface area contributed by atoms with Crippen LogP contribution in [0.2, 0.25) is 0 Å². The van der Waals surface area contributed by atoms with Crippen molar-refractivity contribution in [2.24, 2.45) is 5.92 Å². The van der Waals surface area contributed by atoms with Crippen LogP contribution in [0.15, 0.2) is 6.33 Å². The Morgan fingerprint density at radius 1 is 1.39 bits per heavy atom. The zero-order chi connectivity index (χ0) is 13.4. The van der Waals surface area contributed by atoms with Crippen molar-refractivity contribution in [3.63, 3.8) is 0 Å². The normalized spacial score (nSPS) is 12.2. The summed E-state index contributed by atoms with van der Waals surface area (Å²) in [7, 11) is 1.60. The van der Waals surface area contributed by atoms with Crippen molar-refractivity contribution in [3.05, 3.63) is 11.9 Å². The predicted octanol–water partition coefficient (Wildman–Crippen LogP) is 2.00. The second-order valence-corrected chi connectivity index (χ2v) is 4.40. The predicted molar refractivity (Wildman–Crippen MR) is 71.9 cm³/mol. The lowest BCUT2D eigenvalue weighted by molar-refractivity contribution is 0.255. The van der Waals surface area contributed by atoms with Crippen LogP contribution in [-0.4, -0.2) is 35.3 Å². The lowest BCUT2D eigenvalue weighted by Gasteiger charge is -2.17. The van der Waals surface area contributed by atoms with Crippen LogP contribution in [0.5, 0.6) is 5.88 Å². The van der Waals surface area contributed by atoms with E-state index in [1.165, 1.54) is 6.33 Å². The van der Waals surface area contributed by atoms with Crippen LogP contribution in [0.1, 0.15) is 31.7 Å². The molecule has 1 atom stereocenters. The number of aromatic nitrogens is 2. The summed E-state index contributed by atoms with van der Waals surface area (Å²) in [5.74, 6) is 1.88. The van der Waals surface area contributed by atoms with Gasteiger partial charge in [0.1, 0.15) is 12.1 Å². The van der Waals surface area contributed by atoms with Gasteiger partial charge in [-0.15, -0.1) is 0 Å². The molecule has 0 fully saturated rings. The minimum atomic E-state index is 0.235. The van der Waals surface area contributed by atoms with Gasteiger partial charge in [0.05, 0.1) is 12.7 Å². The van der Waals surface area contributed by atoms with E-state index in [0.717, 1.165) is 37.2 Å². The van der Waals surface area contributed by atoms with Gasteiger partial charge < -0.3 is 15.2 Å². The van der Waals surface area contributed by atoms with Gasteiger partial charge in [-0.25, -0.2) is 9.97 Å². The number of aliphatic hydroxyl groups excluding tert-OH is 1. The standard InChI is InChI=1S/C13H23N3O2/c1-4-5-11(6-7-17)8-14-12-10(2)13(18-3)16-9-15-12/h9,11,17H,4-8H2,1-3H3,(H,14,15,16). The molecule has 1 unspecified atom stereocenters. The number of methoxy groups -OCH3 is 1. The Morgan fingerprint density at radius 2 is 2.17 bits per heavy atom. The lowest BCUT2D eigenvalue weighted by Crippen LogP contribution is -2.17. The van der Waals surface area contributed by atoms with E-state index in [0.29, 0.717) is 11.8 Å². The molecular formula is C13H23N3O2. The molecule has 18 heavy (non-hydrogen) atoms. The zero-order valence-electron chi connectivity index (χ0n) is 11.4. The highest BCUT2D eigenvalue weighted by Gasteiger charge is 2.10. The molecule has 0 aliphatic carbocycles. The average Bonchev–Trinajstić information content (AvgIpc) is 2.38. The van der Waals surface area contributed by atoms with E-state index in [-0.39, 0.29) is 6.61 Å². The molecule has 2 N–H and O–H groups in total. The van der Waals surface area contributed by atoms with Crippen LogP contribution in [-0.2, 0) is 0 Å². The minimum absolute atomic E-state index is 0.235. The number of hydrogen-bond donors (Lipinski definition) is 2. The molecule has 0 amide bonds. The maximum Gasteiger partial charge on any atom is 0.221 e. The Morgan fingerprint density at radius 3 is 2.78 bits per heavy atom. The molecule has 0 aliphatic rings. The number of hydrogen-bond acceptors (Lipinski definition) is 5. The van der Waals surface area contributed by atoms with Gasteiger partial charge in [0, 0.05) is 13.2 Å². The molecule has 0 spiro atoms. The first kappa shape index (κ1) is 14.7. The first-order valence-corrected chi connectivity index (χ1v) is 6.43. The van der Waals surface area contributed by atoms with Crippen molar-refractivity contribution < 1.29 is 9.84 Å². The van der Waals surface area contributed by atoms with E-state index in [1.807, 2.05) is 6.92 Å². The molecule has 0 bridgehead atoms. The molecule has 5 heteroatoms. The molecule has 0 aromatic carbocycles. The maximum absolute atomic E-state index is 9.02. The SMILES string of the molecule is CCCC(CCO)CNc1ncnc(OC)c1C. The summed E-state index contributed by atoms with van der Waals surface area (Å²) in [6.45, 7) is 5.14. The summed E-state index contributed by atoms with van der Waals surface area (Å²) in [6, 6.07) is 0. The number of rotatable bonds is 8. The Labute approximate surface area is 109 Å². The molecule has 1 aromatic heterocycles. The fraction of sp³-hybridized carbons (Fsp3) is 0.692. The van der Waals surface area contributed by atoms with Gasteiger partial charge in [0.2, 0.25) is 5.88 Å². The molecule has 0 saturated heterocycles. The van der Waals surface area contributed by atoms with Crippen molar-refractivity contribution >= 4 is 5.82 Å². The molecule has 5 nitrogen and oxygen atoms in total. The average molecular weight is 253 g/mol. The molecule has 0 saturated carbocycles. The monoisotopic (exact) mass is 253 g/mol. The molecule has 1 aromatic rings. The highest BCUT2D eigenvalue weighted by Crippen LogP contribution is 2.20. The van der Waals surface area contributed by atoms with Crippen LogP contribution >= 0.6 is 0 Å². The number of ether oxygens (including phenoxy) is 1. The quantitative estimate of drug-likeness (QED) is 0.741. The Bertz CT molecular complexity index is 352. The molecular weight excluding hydrogens is 230 g/mol. The first-order chi connectivity index (χ1) is 8.72. The Balaban J connectivity index is 2.61. The van der Waals surface area contributed by atoms with Crippen LogP contribution in [0.3, 0.4) is 0 Å². The lowest BCUT2D eigenvalue weighted by atomic mass is 10.0. The van der Waals surface area contributed by atoms with E-state index in [4.69, 9.17) is 9.84 Å². The van der Waals surface area contributed by atoms with Crippen molar-refractivity contribution in [1.82, 2.24) is 9.97 Å². The molecule has 102 valence electrons. The van der Waals surface area contributed by atoms with Crippen molar-refractivity contribution in [3.8, 4) is 5.88 Å². The molecule has 0 aliphatic heterocycles. The van der Waals surface area contributed by atoms with Gasteiger partial charge >= 0.3 is 0 Å². The van der Waals surface area contributed by atoms with Crippen molar-refractivity contribution in [2.45, 2.75) is 33.1 Å². The van der Waals surface area contributed by atoms with Gasteiger partial charge in [-0.1, -0.05) is 13.3 Å². The summed E-state index contributed by atoms with van der Waals surface area (Å²) < 4.78 is 5.16. The molecule has 0 radical (unpaired) electrons.